The number of aromatic carboxylic acids is 1. The van der Waals surface area contributed by atoms with Crippen molar-refractivity contribution in [2.75, 3.05) is 13.7 Å². The minimum atomic E-state index is -0.966. The van der Waals surface area contributed by atoms with Gasteiger partial charge in [-0.2, -0.15) is 0 Å². The third-order valence-corrected chi connectivity index (χ3v) is 1.94. The molecule has 4 nitrogen and oxygen atoms in total. The summed E-state index contributed by atoms with van der Waals surface area (Å²) in [5, 5.41) is 8.89. The van der Waals surface area contributed by atoms with Crippen molar-refractivity contribution in [3.8, 4) is 0 Å². The van der Waals surface area contributed by atoms with Crippen molar-refractivity contribution in [1.29, 1.82) is 0 Å². The lowest BCUT2D eigenvalue weighted by Crippen LogP contribution is -2.19. The first-order valence-corrected chi connectivity index (χ1v) is 4.23. The van der Waals surface area contributed by atoms with Gasteiger partial charge in [-0.3, -0.25) is 0 Å². The number of benzene rings is 1. The zero-order valence-electron chi connectivity index (χ0n) is 7.93. The molecule has 1 aromatic carbocycles. The molecule has 14 heavy (non-hydrogen) atoms. The molecule has 0 aromatic heterocycles. The molecule has 0 aliphatic rings. The van der Waals surface area contributed by atoms with Gasteiger partial charge in [-0.25, -0.2) is 4.79 Å². The molecule has 1 aromatic rings. The molecule has 3 N–H and O–H groups in total. The molecule has 76 valence electrons. The largest absolute Gasteiger partial charge is 0.478 e. The van der Waals surface area contributed by atoms with Gasteiger partial charge in [0.15, 0.2) is 0 Å². The van der Waals surface area contributed by atoms with Crippen LogP contribution in [0.1, 0.15) is 22.0 Å². The Balaban J connectivity index is 3.00. The number of carboxylic acids is 1. The van der Waals surface area contributed by atoms with Gasteiger partial charge in [-0.1, -0.05) is 18.2 Å². The number of carbonyl (C=O) groups is 1. The van der Waals surface area contributed by atoms with Crippen LogP contribution >= 0.6 is 0 Å². The maximum Gasteiger partial charge on any atom is 0.336 e. The number of carboxylic acid groups (broad SMARTS) is 1. The van der Waals surface area contributed by atoms with Crippen molar-refractivity contribution in [3.63, 3.8) is 0 Å². The summed E-state index contributed by atoms with van der Waals surface area (Å²) >= 11 is 0. The normalized spacial score (nSPS) is 12.4. The van der Waals surface area contributed by atoms with Crippen LogP contribution in [0.4, 0.5) is 0 Å². The Hall–Kier alpha value is -1.39. The molecule has 0 spiro atoms. The van der Waals surface area contributed by atoms with Gasteiger partial charge in [-0.05, 0) is 11.6 Å². The summed E-state index contributed by atoms with van der Waals surface area (Å²) in [7, 11) is 1.53. The molecule has 0 amide bonds. The summed E-state index contributed by atoms with van der Waals surface area (Å²) in [6, 6.07) is 6.27. The Morgan fingerprint density at radius 3 is 2.79 bits per heavy atom. The third kappa shape index (κ3) is 2.31. The maximum atomic E-state index is 10.8. The third-order valence-electron chi connectivity index (χ3n) is 1.94. The molecule has 0 aliphatic heterocycles. The summed E-state index contributed by atoms with van der Waals surface area (Å²) in [5.74, 6) is -0.966. The SMILES string of the molecule is COC[C@@H](N)c1ccccc1C(=O)O. The Kier molecular flexibility index (Phi) is 3.62. The van der Waals surface area contributed by atoms with E-state index in [4.69, 9.17) is 15.6 Å². The molecule has 0 radical (unpaired) electrons. The molecule has 0 fully saturated rings. The van der Waals surface area contributed by atoms with Crippen LogP contribution in [0.5, 0.6) is 0 Å². The number of nitrogens with two attached hydrogens (primary N) is 1. The van der Waals surface area contributed by atoms with Crippen LogP contribution in [0.3, 0.4) is 0 Å². The molecular weight excluding hydrogens is 182 g/mol. The Labute approximate surface area is 82.3 Å². The van der Waals surface area contributed by atoms with Gasteiger partial charge in [0.05, 0.1) is 18.2 Å². The quantitative estimate of drug-likeness (QED) is 0.752. The van der Waals surface area contributed by atoms with Gasteiger partial charge in [0.25, 0.3) is 0 Å². The Morgan fingerprint density at radius 1 is 1.57 bits per heavy atom. The van der Waals surface area contributed by atoms with Crippen LogP contribution in [0.2, 0.25) is 0 Å². The van der Waals surface area contributed by atoms with Gasteiger partial charge in [0.1, 0.15) is 0 Å². The molecule has 0 aliphatic carbocycles. The molecule has 0 bridgehead atoms. The highest BCUT2D eigenvalue weighted by Crippen LogP contribution is 2.16. The average Bonchev–Trinajstić information content (AvgIpc) is 2.18. The first-order chi connectivity index (χ1) is 6.66. The van der Waals surface area contributed by atoms with Crippen molar-refractivity contribution >= 4 is 5.97 Å². The number of hydrogen-bond donors (Lipinski definition) is 2. The summed E-state index contributed by atoms with van der Waals surface area (Å²) in [6.07, 6.45) is 0. The highest BCUT2D eigenvalue weighted by molar-refractivity contribution is 5.89. The molecular formula is C10H13NO3. The lowest BCUT2D eigenvalue weighted by molar-refractivity contribution is 0.0694. The number of rotatable bonds is 4. The highest BCUT2D eigenvalue weighted by atomic mass is 16.5. The molecule has 1 rings (SSSR count). The summed E-state index contributed by atoms with van der Waals surface area (Å²) < 4.78 is 4.87. The summed E-state index contributed by atoms with van der Waals surface area (Å²) in [5.41, 5.74) is 6.59. The fourth-order valence-electron chi connectivity index (χ4n) is 1.28. The van der Waals surface area contributed by atoms with E-state index in [1.165, 1.54) is 13.2 Å². The molecule has 0 heterocycles. The second kappa shape index (κ2) is 4.74. The molecule has 0 unspecified atom stereocenters. The average molecular weight is 195 g/mol. The Bertz CT molecular complexity index is 325. The van der Waals surface area contributed by atoms with Crippen molar-refractivity contribution in [2.24, 2.45) is 5.73 Å². The van der Waals surface area contributed by atoms with E-state index in [1.807, 2.05) is 0 Å². The summed E-state index contributed by atoms with van der Waals surface area (Å²) in [6.45, 7) is 0.310. The number of ether oxygens (including phenoxy) is 1. The molecule has 0 saturated heterocycles. The van der Waals surface area contributed by atoms with Crippen LogP contribution in [-0.2, 0) is 4.74 Å². The van der Waals surface area contributed by atoms with Crippen LogP contribution in [-0.4, -0.2) is 24.8 Å². The summed E-state index contributed by atoms with van der Waals surface area (Å²) in [4.78, 5) is 10.8. The minimum Gasteiger partial charge on any atom is -0.478 e. The fraction of sp³-hybridized carbons (Fsp3) is 0.300. The zero-order valence-corrected chi connectivity index (χ0v) is 7.93. The second-order valence-electron chi connectivity index (χ2n) is 2.95. The van der Waals surface area contributed by atoms with E-state index < -0.39 is 12.0 Å². The van der Waals surface area contributed by atoms with Gasteiger partial charge >= 0.3 is 5.97 Å². The fourth-order valence-corrected chi connectivity index (χ4v) is 1.28. The first kappa shape index (κ1) is 10.7. The van der Waals surface area contributed by atoms with Crippen LogP contribution in [0.15, 0.2) is 24.3 Å². The standard InChI is InChI=1S/C10H13NO3/c1-14-6-9(11)7-4-2-3-5-8(7)10(12)13/h2-5,9H,6,11H2,1H3,(H,12,13)/t9-/m1/s1. The van der Waals surface area contributed by atoms with Crippen LogP contribution in [0, 0.1) is 0 Å². The molecule has 4 heteroatoms. The Morgan fingerprint density at radius 2 is 2.21 bits per heavy atom. The van der Waals surface area contributed by atoms with Gasteiger partial charge in [0.2, 0.25) is 0 Å². The highest BCUT2D eigenvalue weighted by Gasteiger charge is 2.14. The molecule has 0 saturated carbocycles. The van der Waals surface area contributed by atoms with Gasteiger partial charge in [0, 0.05) is 7.11 Å². The maximum absolute atomic E-state index is 10.8. The smallest absolute Gasteiger partial charge is 0.336 e. The minimum absolute atomic E-state index is 0.233. The van der Waals surface area contributed by atoms with Crippen molar-refractivity contribution in [1.82, 2.24) is 0 Å². The second-order valence-corrected chi connectivity index (χ2v) is 2.95. The first-order valence-electron chi connectivity index (χ1n) is 4.23. The van der Waals surface area contributed by atoms with Crippen molar-refractivity contribution in [2.45, 2.75) is 6.04 Å². The van der Waals surface area contributed by atoms with E-state index >= 15 is 0 Å². The van der Waals surface area contributed by atoms with Crippen molar-refractivity contribution in [3.05, 3.63) is 35.4 Å². The van der Waals surface area contributed by atoms with E-state index in [0.717, 1.165) is 0 Å². The van der Waals surface area contributed by atoms with Crippen LogP contribution in [0.25, 0.3) is 0 Å². The van der Waals surface area contributed by atoms with E-state index in [0.29, 0.717) is 12.2 Å². The van der Waals surface area contributed by atoms with Crippen molar-refractivity contribution < 1.29 is 14.6 Å². The van der Waals surface area contributed by atoms with Crippen LogP contribution < -0.4 is 5.73 Å². The van der Waals surface area contributed by atoms with Gasteiger partial charge < -0.3 is 15.6 Å². The van der Waals surface area contributed by atoms with Gasteiger partial charge in [-0.15, -0.1) is 0 Å². The number of hydrogen-bond acceptors (Lipinski definition) is 3. The van der Waals surface area contributed by atoms with E-state index in [1.54, 1.807) is 18.2 Å². The predicted octanol–water partition coefficient (Wildman–Crippen LogP) is 1.03. The molecule has 1 atom stereocenters. The van der Waals surface area contributed by atoms with E-state index in [9.17, 15) is 4.79 Å². The lowest BCUT2D eigenvalue weighted by Gasteiger charge is -2.12. The monoisotopic (exact) mass is 195 g/mol. The predicted molar refractivity (Wildman–Crippen MR) is 52.2 cm³/mol. The zero-order chi connectivity index (χ0) is 10.6. The van der Waals surface area contributed by atoms with E-state index in [2.05, 4.69) is 0 Å². The topological polar surface area (TPSA) is 72.5 Å². The van der Waals surface area contributed by atoms with E-state index in [-0.39, 0.29) is 5.56 Å². The number of methoxy groups -OCH3 is 1. The lowest BCUT2D eigenvalue weighted by atomic mass is 10.0.